The summed E-state index contributed by atoms with van der Waals surface area (Å²) in [6, 6.07) is 27.8. The lowest BCUT2D eigenvalue weighted by Gasteiger charge is -2.37. The maximum absolute atomic E-state index is 13.5. The highest BCUT2D eigenvalue weighted by molar-refractivity contribution is 6.05. The van der Waals surface area contributed by atoms with E-state index in [-0.39, 0.29) is 17.7 Å². The van der Waals surface area contributed by atoms with Crippen molar-refractivity contribution in [3.63, 3.8) is 0 Å². The van der Waals surface area contributed by atoms with Crippen LogP contribution in [0.25, 0.3) is 27.9 Å². The summed E-state index contributed by atoms with van der Waals surface area (Å²) in [5.74, 6) is -0.312. The maximum Gasteiger partial charge on any atom is 0.410 e. The summed E-state index contributed by atoms with van der Waals surface area (Å²) >= 11 is 0. The molecule has 43 heavy (non-hydrogen) atoms. The lowest BCUT2D eigenvalue weighted by Crippen LogP contribution is -2.50. The Labute approximate surface area is 250 Å². The van der Waals surface area contributed by atoms with Crippen LogP contribution >= 0.6 is 0 Å². The summed E-state index contributed by atoms with van der Waals surface area (Å²) in [5, 5.41) is 7.53. The minimum Gasteiger partial charge on any atom is -0.444 e. The number of benzene rings is 3. The molecular formula is C34H34N6O3. The van der Waals surface area contributed by atoms with Gasteiger partial charge in [-0.1, -0.05) is 60.7 Å². The third-order valence-corrected chi connectivity index (χ3v) is 7.31. The number of hydrogen-bond acceptors (Lipinski definition) is 6. The Morgan fingerprint density at radius 3 is 2.28 bits per heavy atom. The Morgan fingerprint density at radius 1 is 0.814 bits per heavy atom. The molecule has 0 unspecified atom stereocenters. The SMILES string of the molecule is CC(C)(C)OC(=O)N1CCN(c2ccccc2NC(=O)c2ccn3ncc(-c4cccc(-c5ccccc5)c4)c3n2)CC1. The van der Waals surface area contributed by atoms with Crippen molar-refractivity contribution in [2.45, 2.75) is 26.4 Å². The largest absolute Gasteiger partial charge is 0.444 e. The molecule has 1 N–H and O–H groups in total. The molecule has 1 aliphatic heterocycles. The van der Waals surface area contributed by atoms with E-state index in [1.807, 2.05) is 75.4 Å². The van der Waals surface area contributed by atoms with E-state index in [0.29, 0.717) is 37.5 Å². The van der Waals surface area contributed by atoms with E-state index in [1.54, 1.807) is 27.9 Å². The van der Waals surface area contributed by atoms with Gasteiger partial charge in [-0.25, -0.2) is 14.3 Å². The van der Waals surface area contributed by atoms with Crippen LogP contribution in [0.5, 0.6) is 0 Å². The second-order valence-electron chi connectivity index (χ2n) is 11.5. The molecule has 3 aromatic carbocycles. The van der Waals surface area contributed by atoms with Crippen LogP contribution in [0.3, 0.4) is 0 Å². The minimum atomic E-state index is -0.536. The molecule has 2 amide bonds. The van der Waals surface area contributed by atoms with E-state index < -0.39 is 5.60 Å². The van der Waals surface area contributed by atoms with E-state index in [1.165, 1.54) is 0 Å². The molecule has 0 radical (unpaired) electrons. The van der Waals surface area contributed by atoms with Crippen LogP contribution in [0, 0.1) is 0 Å². The third-order valence-electron chi connectivity index (χ3n) is 7.31. The third kappa shape index (κ3) is 6.21. The quantitative estimate of drug-likeness (QED) is 0.262. The highest BCUT2D eigenvalue weighted by Crippen LogP contribution is 2.30. The smallest absolute Gasteiger partial charge is 0.410 e. The molecular weight excluding hydrogens is 540 g/mol. The Kier molecular flexibility index (Phi) is 7.54. The minimum absolute atomic E-state index is 0.290. The van der Waals surface area contributed by atoms with Crippen molar-refractivity contribution in [1.29, 1.82) is 0 Å². The zero-order chi connectivity index (χ0) is 30.0. The lowest BCUT2D eigenvalue weighted by molar-refractivity contribution is 0.0240. The number of para-hydroxylation sites is 2. The maximum atomic E-state index is 13.5. The van der Waals surface area contributed by atoms with Gasteiger partial charge in [0.15, 0.2) is 5.65 Å². The normalized spacial score (nSPS) is 13.7. The van der Waals surface area contributed by atoms with E-state index >= 15 is 0 Å². The molecule has 218 valence electrons. The summed E-state index contributed by atoms with van der Waals surface area (Å²) in [7, 11) is 0. The Hall–Kier alpha value is -5.18. The number of anilines is 2. The van der Waals surface area contributed by atoms with Crippen molar-refractivity contribution in [2.24, 2.45) is 0 Å². The second-order valence-corrected chi connectivity index (χ2v) is 11.5. The zero-order valence-electron chi connectivity index (χ0n) is 24.5. The first-order valence-electron chi connectivity index (χ1n) is 14.4. The van der Waals surface area contributed by atoms with Gasteiger partial charge in [-0.3, -0.25) is 4.79 Å². The van der Waals surface area contributed by atoms with Crippen molar-refractivity contribution in [3.8, 4) is 22.3 Å². The number of rotatable bonds is 5. The number of ether oxygens (including phenoxy) is 1. The number of carbonyl (C=O) groups is 2. The molecule has 6 rings (SSSR count). The van der Waals surface area contributed by atoms with Gasteiger partial charge >= 0.3 is 6.09 Å². The number of hydrogen-bond donors (Lipinski definition) is 1. The molecule has 5 aromatic rings. The highest BCUT2D eigenvalue weighted by Gasteiger charge is 2.27. The molecule has 9 nitrogen and oxygen atoms in total. The van der Waals surface area contributed by atoms with Gasteiger partial charge in [0.1, 0.15) is 11.3 Å². The fourth-order valence-corrected chi connectivity index (χ4v) is 5.19. The van der Waals surface area contributed by atoms with E-state index in [2.05, 4.69) is 39.6 Å². The predicted molar refractivity (Wildman–Crippen MR) is 168 cm³/mol. The topological polar surface area (TPSA) is 92.1 Å². The van der Waals surface area contributed by atoms with Gasteiger partial charge in [-0.2, -0.15) is 5.10 Å². The monoisotopic (exact) mass is 574 g/mol. The van der Waals surface area contributed by atoms with Gasteiger partial charge in [-0.05, 0) is 61.7 Å². The van der Waals surface area contributed by atoms with Crippen LogP contribution in [-0.2, 0) is 4.74 Å². The van der Waals surface area contributed by atoms with Crippen LogP contribution in [0.1, 0.15) is 31.3 Å². The van der Waals surface area contributed by atoms with Crippen LogP contribution in [0.4, 0.5) is 16.2 Å². The molecule has 0 saturated carbocycles. The Morgan fingerprint density at radius 2 is 1.51 bits per heavy atom. The number of fused-ring (bicyclic) bond motifs is 1. The van der Waals surface area contributed by atoms with Crippen molar-refractivity contribution >= 4 is 29.0 Å². The zero-order valence-corrected chi connectivity index (χ0v) is 24.5. The summed E-state index contributed by atoms with van der Waals surface area (Å²) in [6.45, 7) is 7.91. The number of nitrogens with one attached hydrogen (secondary N) is 1. The number of nitrogens with zero attached hydrogens (tertiary/aromatic N) is 5. The average Bonchev–Trinajstić information content (AvgIpc) is 3.45. The molecule has 1 saturated heterocycles. The fourth-order valence-electron chi connectivity index (χ4n) is 5.19. The molecule has 0 bridgehead atoms. The Bertz CT molecular complexity index is 1770. The molecule has 0 aliphatic carbocycles. The predicted octanol–water partition coefficient (Wildman–Crippen LogP) is 6.37. The standard InChI is InChI=1S/C34H34N6O3/c1-34(2,3)43-33(42)39-20-18-38(19-21-39)30-15-8-7-14-28(30)37-32(41)29-16-17-40-31(36-29)27(23-35-40)26-13-9-12-25(22-26)24-10-5-4-6-11-24/h4-17,22-23H,18-21H2,1-3H3,(H,37,41). The van der Waals surface area contributed by atoms with Crippen LogP contribution in [-0.4, -0.2) is 63.3 Å². The van der Waals surface area contributed by atoms with Crippen molar-refractivity contribution in [2.75, 3.05) is 36.4 Å². The average molecular weight is 575 g/mol. The van der Waals surface area contributed by atoms with Crippen molar-refractivity contribution in [1.82, 2.24) is 19.5 Å². The molecule has 0 atom stereocenters. The number of piperazine rings is 1. The summed E-state index contributed by atoms with van der Waals surface area (Å²) in [4.78, 5) is 34.6. The number of aromatic nitrogens is 3. The molecule has 1 aliphatic rings. The van der Waals surface area contributed by atoms with Gasteiger partial charge in [-0.15, -0.1) is 0 Å². The van der Waals surface area contributed by atoms with Gasteiger partial charge in [0.2, 0.25) is 0 Å². The molecule has 1 fully saturated rings. The summed E-state index contributed by atoms with van der Waals surface area (Å²) in [6.07, 6.45) is 3.23. The van der Waals surface area contributed by atoms with Gasteiger partial charge in [0, 0.05) is 37.9 Å². The van der Waals surface area contributed by atoms with Crippen LogP contribution in [0.2, 0.25) is 0 Å². The Balaban J connectivity index is 1.20. The number of carbonyl (C=O) groups excluding carboxylic acids is 2. The first-order chi connectivity index (χ1) is 20.7. The summed E-state index contributed by atoms with van der Waals surface area (Å²) < 4.78 is 7.21. The van der Waals surface area contributed by atoms with Gasteiger partial charge in [0.25, 0.3) is 5.91 Å². The second kappa shape index (κ2) is 11.6. The first-order valence-corrected chi connectivity index (χ1v) is 14.4. The van der Waals surface area contributed by atoms with E-state index in [4.69, 9.17) is 9.72 Å². The van der Waals surface area contributed by atoms with Gasteiger partial charge < -0.3 is 19.9 Å². The fraction of sp³-hybridized carbons (Fsp3) is 0.235. The highest BCUT2D eigenvalue weighted by atomic mass is 16.6. The number of amides is 2. The molecule has 0 spiro atoms. The van der Waals surface area contributed by atoms with E-state index in [9.17, 15) is 9.59 Å². The van der Waals surface area contributed by atoms with E-state index in [0.717, 1.165) is 27.9 Å². The van der Waals surface area contributed by atoms with Crippen LogP contribution in [0.15, 0.2) is 97.3 Å². The molecule has 2 aromatic heterocycles. The van der Waals surface area contributed by atoms with Crippen LogP contribution < -0.4 is 10.2 Å². The summed E-state index contributed by atoms with van der Waals surface area (Å²) in [5.41, 5.74) is 5.96. The lowest BCUT2D eigenvalue weighted by atomic mass is 10.0. The van der Waals surface area contributed by atoms with Crippen molar-refractivity contribution < 1.29 is 14.3 Å². The first kappa shape index (κ1) is 28.0. The molecule has 3 heterocycles. The molecule has 9 heteroatoms. The van der Waals surface area contributed by atoms with Gasteiger partial charge in [0.05, 0.1) is 17.6 Å². The van der Waals surface area contributed by atoms with Crippen molar-refractivity contribution in [3.05, 3.63) is 103 Å².